The largest absolute Gasteiger partial charge is 0.417 e. The Labute approximate surface area is 176 Å². The second kappa shape index (κ2) is 10.2. The van der Waals surface area contributed by atoms with Gasteiger partial charge in [0.15, 0.2) is 0 Å². The Hall–Kier alpha value is -1.15. The fourth-order valence-corrected chi connectivity index (χ4v) is 4.18. The van der Waals surface area contributed by atoms with Crippen molar-refractivity contribution in [2.45, 2.75) is 26.6 Å². The molecule has 1 aromatic heterocycles. The molecule has 29 heavy (non-hydrogen) atoms. The van der Waals surface area contributed by atoms with Crippen molar-refractivity contribution in [3.63, 3.8) is 0 Å². The van der Waals surface area contributed by atoms with Crippen LogP contribution in [0, 0.1) is 0 Å². The van der Waals surface area contributed by atoms with Gasteiger partial charge in [-0.2, -0.15) is 13.2 Å². The highest BCUT2D eigenvalue weighted by Gasteiger charge is 2.31. The van der Waals surface area contributed by atoms with Crippen LogP contribution < -0.4 is 0 Å². The lowest BCUT2D eigenvalue weighted by Gasteiger charge is -2.17. The molecule has 0 spiro atoms. The summed E-state index contributed by atoms with van der Waals surface area (Å²) in [4.78, 5) is 3.83. The quantitative estimate of drug-likeness (QED) is 0.375. The summed E-state index contributed by atoms with van der Waals surface area (Å²) >= 11 is 12.2. The average molecular weight is 472 g/mol. The number of alkyl halides is 3. The number of hydrogen-bond acceptors (Lipinski definition) is 5. The highest BCUT2D eigenvalue weighted by molar-refractivity contribution is 7.53. The van der Waals surface area contributed by atoms with Crippen LogP contribution in [0.4, 0.5) is 13.2 Å². The van der Waals surface area contributed by atoms with Crippen molar-refractivity contribution < 1.29 is 31.5 Å². The van der Waals surface area contributed by atoms with Crippen LogP contribution in [0.2, 0.25) is 10.0 Å². The van der Waals surface area contributed by atoms with Gasteiger partial charge in [-0.1, -0.05) is 29.3 Å². The van der Waals surface area contributed by atoms with Gasteiger partial charge in [0.25, 0.3) is 0 Å². The van der Waals surface area contributed by atoms with Crippen LogP contribution in [-0.4, -0.2) is 24.5 Å². The maximum Gasteiger partial charge on any atom is 0.417 e. The summed E-state index contributed by atoms with van der Waals surface area (Å²) in [6.45, 7) is 3.76. The van der Waals surface area contributed by atoms with Crippen LogP contribution in [-0.2, 0) is 31.1 Å². The van der Waals surface area contributed by atoms with Crippen molar-refractivity contribution in [3.05, 3.63) is 51.6 Å². The van der Waals surface area contributed by atoms with Crippen LogP contribution >= 0.6 is 30.8 Å². The minimum absolute atomic E-state index is 0.0188. The zero-order valence-corrected chi connectivity index (χ0v) is 18.0. The average Bonchev–Trinajstić information content (AvgIpc) is 2.63. The highest BCUT2D eigenvalue weighted by Crippen LogP contribution is 2.48. The first-order valence-corrected chi connectivity index (χ1v) is 11.1. The molecule has 0 saturated heterocycles. The molecule has 0 fully saturated rings. The molecule has 0 atom stereocenters. The summed E-state index contributed by atoms with van der Waals surface area (Å²) in [6, 6.07) is 5.54. The van der Waals surface area contributed by atoms with Gasteiger partial charge < -0.3 is 13.8 Å². The summed E-state index contributed by atoms with van der Waals surface area (Å²) in [7, 11) is -3.38. The fourth-order valence-electron chi connectivity index (χ4n) is 2.41. The first-order valence-electron chi connectivity index (χ1n) is 8.57. The maximum absolute atomic E-state index is 12.8. The first kappa shape index (κ1) is 24.1. The van der Waals surface area contributed by atoms with E-state index >= 15 is 0 Å². The van der Waals surface area contributed by atoms with E-state index in [1.807, 2.05) is 0 Å². The minimum atomic E-state index is -4.54. The molecule has 2 aromatic rings. The van der Waals surface area contributed by atoms with E-state index in [0.717, 1.165) is 6.07 Å². The van der Waals surface area contributed by atoms with Crippen LogP contribution in [0.3, 0.4) is 0 Å². The molecule has 0 unspecified atom stereocenters. The molecule has 160 valence electrons. The van der Waals surface area contributed by atoms with Crippen LogP contribution in [0.15, 0.2) is 30.5 Å². The molecule has 0 N–H and O–H groups in total. The molecule has 0 aliphatic rings. The number of nitrogens with zero attached hydrogens (tertiary/aromatic N) is 1. The molecule has 0 bridgehead atoms. The van der Waals surface area contributed by atoms with E-state index in [-0.39, 0.29) is 36.9 Å². The van der Waals surface area contributed by atoms with Gasteiger partial charge in [0.2, 0.25) is 0 Å². The lowest BCUT2D eigenvalue weighted by Crippen LogP contribution is -2.06. The second-order valence-electron chi connectivity index (χ2n) is 5.78. The summed E-state index contributed by atoms with van der Waals surface area (Å²) in [5.41, 5.74) is 0.212. The van der Waals surface area contributed by atoms with E-state index in [2.05, 4.69) is 4.98 Å². The minimum Gasteiger partial charge on any atom is -0.364 e. The third kappa shape index (κ3) is 6.67. The standard InChI is InChI=1S/C18H19Cl2F3NO4P/c1-3-27-29(25,28-4-2)11-26-10-13-7-12(5-6-15(13)19)17-16(20)8-14(9-24-17)18(21,22)23/h5-9H,3-4,10-11H2,1-2H3. The van der Waals surface area contributed by atoms with Gasteiger partial charge in [-0.05, 0) is 37.6 Å². The van der Waals surface area contributed by atoms with Gasteiger partial charge >= 0.3 is 13.8 Å². The molecule has 11 heteroatoms. The number of rotatable bonds is 9. The predicted molar refractivity (Wildman–Crippen MR) is 105 cm³/mol. The van der Waals surface area contributed by atoms with Gasteiger partial charge in [0, 0.05) is 16.8 Å². The lowest BCUT2D eigenvalue weighted by atomic mass is 10.1. The van der Waals surface area contributed by atoms with Gasteiger partial charge in [0.1, 0.15) is 6.35 Å². The van der Waals surface area contributed by atoms with E-state index in [4.69, 9.17) is 37.0 Å². The Morgan fingerprint density at radius 2 is 1.72 bits per heavy atom. The van der Waals surface area contributed by atoms with Crippen LogP contribution in [0.25, 0.3) is 11.3 Å². The molecule has 1 heterocycles. The molecule has 5 nitrogen and oxygen atoms in total. The monoisotopic (exact) mass is 471 g/mol. The Kier molecular flexibility index (Phi) is 8.52. The number of halogens is 5. The summed E-state index contributed by atoms with van der Waals surface area (Å²) in [5.74, 6) is 0. The zero-order chi connectivity index (χ0) is 21.7. The normalized spacial score (nSPS) is 12.4. The maximum atomic E-state index is 12.8. The fraction of sp³-hybridized carbons (Fsp3) is 0.389. The molecule has 1 aromatic carbocycles. The van der Waals surface area contributed by atoms with Gasteiger partial charge in [-0.3, -0.25) is 9.55 Å². The lowest BCUT2D eigenvalue weighted by molar-refractivity contribution is -0.137. The Morgan fingerprint density at radius 3 is 2.28 bits per heavy atom. The van der Waals surface area contributed by atoms with E-state index in [1.165, 1.54) is 0 Å². The SMILES string of the molecule is CCOP(=O)(COCc1cc(-c2ncc(C(F)(F)F)cc2Cl)ccc1Cl)OCC. The second-order valence-corrected chi connectivity index (χ2v) is 8.59. The van der Waals surface area contributed by atoms with Crippen LogP contribution in [0.1, 0.15) is 25.0 Å². The van der Waals surface area contributed by atoms with E-state index in [0.29, 0.717) is 22.3 Å². The molecule has 0 aliphatic heterocycles. The third-order valence-electron chi connectivity index (χ3n) is 3.65. The van der Waals surface area contributed by atoms with E-state index < -0.39 is 19.3 Å². The van der Waals surface area contributed by atoms with Crippen molar-refractivity contribution in [2.24, 2.45) is 0 Å². The van der Waals surface area contributed by atoms with Crippen molar-refractivity contribution in [2.75, 3.05) is 19.6 Å². The third-order valence-corrected chi connectivity index (χ3v) is 6.11. The van der Waals surface area contributed by atoms with Gasteiger partial charge in [-0.25, -0.2) is 0 Å². The molecule has 0 amide bonds. The number of pyridine rings is 1. The summed E-state index contributed by atoms with van der Waals surface area (Å²) in [6.07, 6.45) is -4.09. The van der Waals surface area contributed by atoms with Crippen LogP contribution in [0.5, 0.6) is 0 Å². The van der Waals surface area contributed by atoms with Crippen molar-refractivity contribution in [1.82, 2.24) is 4.98 Å². The van der Waals surface area contributed by atoms with Crippen molar-refractivity contribution >= 4 is 30.8 Å². The topological polar surface area (TPSA) is 57.7 Å². The predicted octanol–water partition coefficient (Wildman–Crippen LogP) is 6.81. The summed E-state index contributed by atoms with van der Waals surface area (Å²) in [5, 5.41) is 0.214. The first-order chi connectivity index (χ1) is 13.6. The Morgan fingerprint density at radius 1 is 1.07 bits per heavy atom. The van der Waals surface area contributed by atoms with Crippen molar-refractivity contribution in [1.29, 1.82) is 0 Å². The summed E-state index contributed by atoms with van der Waals surface area (Å²) < 4.78 is 66.5. The molecule has 0 radical (unpaired) electrons. The molecule has 0 aliphatic carbocycles. The van der Waals surface area contributed by atoms with Gasteiger partial charge in [-0.15, -0.1) is 0 Å². The molecule has 2 rings (SSSR count). The number of aromatic nitrogens is 1. The molecule has 0 saturated carbocycles. The highest BCUT2D eigenvalue weighted by atomic mass is 35.5. The number of ether oxygens (including phenoxy) is 1. The smallest absolute Gasteiger partial charge is 0.364 e. The van der Waals surface area contributed by atoms with E-state index in [1.54, 1.807) is 32.0 Å². The number of hydrogen-bond donors (Lipinski definition) is 0. The zero-order valence-electron chi connectivity index (χ0n) is 15.6. The Bertz CT molecular complexity index is 886. The molecular weight excluding hydrogens is 453 g/mol. The van der Waals surface area contributed by atoms with Gasteiger partial charge in [0.05, 0.1) is 36.1 Å². The number of benzene rings is 1. The van der Waals surface area contributed by atoms with Crippen molar-refractivity contribution in [3.8, 4) is 11.3 Å². The molecular formula is C18H19Cl2F3NO4P. The Balaban J connectivity index is 2.19. The van der Waals surface area contributed by atoms with E-state index in [9.17, 15) is 17.7 Å².